The maximum Gasteiger partial charge on any atom is 0.227 e. The monoisotopic (exact) mass is 419 g/mol. The summed E-state index contributed by atoms with van der Waals surface area (Å²) >= 11 is 0. The Morgan fingerprint density at radius 3 is 2.22 bits per heavy atom. The zero-order valence-electron chi connectivity index (χ0n) is 18.5. The van der Waals surface area contributed by atoms with Gasteiger partial charge in [0, 0.05) is 22.2 Å². The van der Waals surface area contributed by atoms with Gasteiger partial charge in [0.15, 0.2) is 5.58 Å². The summed E-state index contributed by atoms with van der Waals surface area (Å²) in [5, 5.41) is 2.17. The number of nitrogens with zero attached hydrogens (tertiary/aromatic N) is 3. The van der Waals surface area contributed by atoms with Gasteiger partial charge in [-0.25, -0.2) is 4.98 Å². The summed E-state index contributed by atoms with van der Waals surface area (Å²) < 4.78 is 6.44. The Bertz CT molecular complexity index is 1450. The van der Waals surface area contributed by atoms with Crippen LogP contribution >= 0.6 is 0 Å². The van der Waals surface area contributed by atoms with Crippen LogP contribution in [0.4, 0.5) is 22.7 Å². The summed E-state index contributed by atoms with van der Waals surface area (Å²) in [6, 6.07) is 27.8. The van der Waals surface area contributed by atoms with Gasteiger partial charge < -0.3 is 14.2 Å². The molecule has 158 valence electrons. The largest absolute Gasteiger partial charge is 0.435 e. The van der Waals surface area contributed by atoms with E-state index in [4.69, 9.17) is 4.42 Å². The van der Waals surface area contributed by atoms with E-state index in [1.54, 1.807) is 0 Å². The molecule has 1 aliphatic heterocycles. The van der Waals surface area contributed by atoms with Crippen molar-refractivity contribution in [3.05, 3.63) is 90.1 Å². The van der Waals surface area contributed by atoms with Crippen LogP contribution in [-0.4, -0.2) is 11.1 Å². The van der Waals surface area contributed by atoms with Crippen molar-refractivity contribution in [2.75, 3.05) is 9.80 Å². The van der Waals surface area contributed by atoms with Crippen LogP contribution in [0.3, 0.4) is 0 Å². The molecular weight excluding hydrogens is 394 g/mol. The minimum atomic E-state index is 0.141. The molecule has 3 heterocycles. The smallest absolute Gasteiger partial charge is 0.227 e. The van der Waals surface area contributed by atoms with Crippen molar-refractivity contribution in [3.63, 3.8) is 0 Å². The maximum atomic E-state index is 6.44. The number of anilines is 4. The predicted molar refractivity (Wildman–Crippen MR) is 132 cm³/mol. The zero-order valence-corrected chi connectivity index (χ0v) is 18.5. The molecule has 1 aliphatic rings. The van der Waals surface area contributed by atoms with Gasteiger partial charge >= 0.3 is 0 Å². The van der Waals surface area contributed by atoms with Crippen molar-refractivity contribution in [3.8, 4) is 0 Å². The lowest BCUT2D eigenvalue weighted by Gasteiger charge is -2.33. The van der Waals surface area contributed by atoms with Gasteiger partial charge in [0.1, 0.15) is 6.17 Å². The Kier molecular flexibility index (Phi) is 4.22. The highest BCUT2D eigenvalue weighted by Gasteiger charge is 2.38. The fourth-order valence-corrected chi connectivity index (χ4v) is 5.04. The van der Waals surface area contributed by atoms with Gasteiger partial charge in [-0.3, -0.25) is 0 Å². The molecule has 1 unspecified atom stereocenters. The van der Waals surface area contributed by atoms with Crippen LogP contribution in [-0.2, 0) is 0 Å². The Balaban J connectivity index is 1.64. The molecule has 0 aliphatic carbocycles. The fraction of sp³-hybridized carbons (Fsp3) is 0.179. The van der Waals surface area contributed by atoms with E-state index >= 15 is 0 Å². The van der Waals surface area contributed by atoms with Crippen LogP contribution in [0.25, 0.3) is 22.1 Å². The van der Waals surface area contributed by atoms with E-state index in [1.807, 2.05) is 13.0 Å². The Morgan fingerprint density at radius 2 is 1.47 bits per heavy atom. The number of fused-ring (bicyclic) bond motifs is 4. The average molecular weight is 420 g/mol. The first-order valence-corrected chi connectivity index (χ1v) is 11.2. The van der Waals surface area contributed by atoms with Crippen molar-refractivity contribution in [2.45, 2.75) is 33.4 Å². The summed E-state index contributed by atoms with van der Waals surface area (Å²) in [5.41, 5.74) is 8.49. The van der Waals surface area contributed by atoms with E-state index in [-0.39, 0.29) is 6.17 Å². The van der Waals surface area contributed by atoms with Gasteiger partial charge in [-0.2, -0.15) is 0 Å². The highest BCUT2D eigenvalue weighted by atomic mass is 16.3. The number of aromatic nitrogens is 1. The van der Waals surface area contributed by atoms with Crippen LogP contribution in [0.15, 0.2) is 83.3 Å². The van der Waals surface area contributed by atoms with Crippen molar-refractivity contribution in [1.29, 1.82) is 0 Å². The molecule has 0 amide bonds. The molecule has 1 atom stereocenters. The van der Waals surface area contributed by atoms with Crippen LogP contribution in [0.1, 0.15) is 24.6 Å². The quantitative estimate of drug-likeness (QED) is 0.301. The van der Waals surface area contributed by atoms with Gasteiger partial charge in [-0.15, -0.1) is 0 Å². The average Bonchev–Trinajstić information content (AvgIpc) is 3.34. The highest BCUT2D eigenvalue weighted by molar-refractivity contribution is 6.10. The predicted octanol–water partition coefficient (Wildman–Crippen LogP) is 7.62. The normalized spacial score (nSPS) is 15.7. The Labute approximate surface area is 187 Å². The van der Waals surface area contributed by atoms with Gasteiger partial charge in [-0.05, 0) is 62.2 Å². The van der Waals surface area contributed by atoms with Gasteiger partial charge in [0.05, 0.1) is 17.1 Å². The summed E-state index contributed by atoms with van der Waals surface area (Å²) in [6.07, 6.45) is 1.10. The Morgan fingerprint density at radius 1 is 0.781 bits per heavy atom. The molecule has 0 spiro atoms. The molecule has 6 rings (SSSR count). The third-order valence-corrected chi connectivity index (χ3v) is 6.46. The first kappa shape index (κ1) is 18.9. The summed E-state index contributed by atoms with van der Waals surface area (Å²) in [6.45, 7) is 6.42. The van der Waals surface area contributed by atoms with E-state index < -0.39 is 0 Å². The summed E-state index contributed by atoms with van der Waals surface area (Å²) in [4.78, 5) is 9.56. The molecule has 4 heteroatoms. The van der Waals surface area contributed by atoms with E-state index in [1.165, 1.54) is 22.6 Å². The van der Waals surface area contributed by atoms with E-state index in [0.717, 1.165) is 34.2 Å². The highest BCUT2D eigenvalue weighted by Crippen LogP contribution is 2.51. The van der Waals surface area contributed by atoms with Crippen molar-refractivity contribution in [2.24, 2.45) is 0 Å². The number of furan rings is 1. The fourth-order valence-electron chi connectivity index (χ4n) is 5.04. The molecule has 32 heavy (non-hydrogen) atoms. The molecule has 0 radical (unpaired) electrons. The summed E-state index contributed by atoms with van der Waals surface area (Å²) in [7, 11) is 0. The van der Waals surface area contributed by atoms with Crippen LogP contribution in [0.5, 0.6) is 0 Å². The first-order chi connectivity index (χ1) is 15.7. The lowest BCUT2D eigenvalue weighted by Crippen LogP contribution is -2.38. The standard InChI is InChI=1S/C28H25N3O/c1-4-25-30(20-10-6-5-7-11-20)23-12-8-9-13-24(23)31(25)26-18(2)14-16-21-22-17-15-19(3)29-28(22)32-27(21)26/h5-17,25H,4H2,1-3H3. The molecule has 4 nitrogen and oxygen atoms in total. The van der Waals surface area contributed by atoms with Crippen LogP contribution < -0.4 is 9.80 Å². The zero-order chi connectivity index (χ0) is 21.8. The lowest BCUT2D eigenvalue weighted by atomic mass is 10.1. The molecule has 2 aromatic heterocycles. The molecule has 0 N–H and O–H groups in total. The van der Waals surface area contributed by atoms with Crippen LogP contribution in [0.2, 0.25) is 0 Å². The van der Waals surface area contributed by atoms with E-state index in [9.17, 15) is 0 Å². The SMILES string of the molecule is CCC1N(c2ccccc2)c2ccccc2N1c1c(C)ccc2c1oc1nc(C)ccc12. The van der Waals surface area contributed by atoms with Gasteiger partial charge in [0.25, 0.3) is 0 Å². The van der Waals surface area contributed by atoms with Crippen molar-refractivity contribution >= 4 is 44.8 Å². The second kappa shape index (κ2) is 7.13. The number of para-hydroxylation sites is 3. The lowest BCUT2D eigenvalue weighted by molar-refractivity contribution is 0.637. The van der Waals surface area contributed by atoms with Crippen LogP contribution in [0, 0.1) is 13.8 Å². The minimum absolute atomic E-state index is 0.141. The number of aryl methyl sites for hydroxylation is 2. The second-order valence-electron chi connectivity index (χ2n) is 8.47. The number of benzene rings is 3. The van der Waals surface area contributed by atoms with Gasteiger partial charge in [-0.1, -0.05) is 49.4 Å². The number of pyridine rings is 1. The third kappa shape index (κ3) is 2.65. The summed E-state index contributed by atoms with van der Waals surface area (Å²) in [5.74, 6) is 0. The molecular formula is C28H25N3O. The second-order valence-corrected chi connectivity index (χ2v) is 8.47. The molecule has 0 saturated heterocycles. The molecule has 5 aromatic rings. The molecule has 0 saturated carbocycles. The number of hydrogen-bond acceptors (Lipinski definition) is 4. The van der Waals surface area contributed by atoms with Gasteiger partial charge in [0.2, 0.25) is 5.71 Å². The number of rotatable bonds is 3. The third-order valence-electron chi connectivity index (χ3n) is 6.46. The molecule has 3 aromatic carbocycles. The molecule has 0 fully saturated rings. The van der Waals surface area contributed by atoms with E-state index in [2.05, 4.69) is 101 Å². The van der Waals surface area contributed by atoms with E-state index in [0.29, 0.717) is 5.71 Å². The molecule has 0 bridgehead atoms. The van der Waals surface area contributed by atoms with Crippen molar-refractivity contribution < 1.29 is 4.42 Å². The minimum Gasteiger partial charge on any atom is -0.435 e. The van der Waals surface area contributed by atoms with Crippen molar-refractivity contribution in [1.82, 2.24) is 4.98 Å². The first-order valence-electron chi connectivity index (χ1n) is 11.2. The maximum absolute atomic E-state index is 6.44. The topological polar surface area (TPSA) is 32.5 Å². The number of hydrogen-bond donors (Lipinski definition) is 0. The Hall–Kier alpha value is -3.79.